The second-order valence-electron chi connectivity index (χ2n) is 5.04. The summed E-state index contributed by atoms with van der Waals surface area (Å²) in [5.74, 6) is 0.843. The first-order valence-electron chi connectivity index (χ1n) is 7.28. The van der Waals surface area contributed by atoms with E-state index >= 15 is 0 Å². The number of aryl methyl sites for hydroxylation is 2. The number of carbonyl (C=O) groups is 1. The normalized spacial score (nSPS) is 10.5. The third-order valence-corrected chi connectivity index (χ3v) is 3.55. The van der Waals surface area contributed by atoms with Crippen LogP contribution in [0.2, 0.25) is 0 Å². The maximum Gasteiger partial charge on any atom is 0.291 e. The van der Waals surface area contributed by atoms with Gasteiger partial charge >= 0.3 is 0 Å². The van der Waals surface area contributed by atoms with Crippen LogP contribution in [-0.2, 0) is 0 Å². The van der Waals surface area contributed by atoms with Crippen molar-refractivity contribution >= 4 is 17.3 Å². The quantitative estimate of drug-likeness (QED) is 0.903. The van der Waals surface area contributed by atoms with Crippen LogP contribution in [0.15, 0.2) is 34.7 Å². The molecular formula is C17H22N2O2. The molecule has 4 heteroatoms. The van der Waals surface area contributed by atoms with Gasteiger partial charge in [0.05, 0.1) is 0 Å². The molecule has 0 aliphatic carbocycles. The van der Waals surface area contributed by atoms with Crippen molar-refractivity contribution in [2.24, 2.45) is 0 Å². The molecule has 1 heterocycles. The van der Waals surface area contributed by atoms with Gasteiger partial charge in [-0.3, -0.25) is 4.79 Å². The number of nitrogens with zero attached hydrogens (tertiary/aromatic N) is 1. The molecule has 0 aliphatic rings. The molecule has 1 N–H and O–H groups in total. The van der Waals surface area contributed by atoms with E-state index in [1.807, 2.05) is 26.0 Å². The third kappa shape index (κ3) is 3.45. The van der Waals surface area contributed by atoms with Gasteiger partial charge in [0.1, 0.15) is 5.76 Å². The Morgan fingerprint density at radius 3 is 2.38 bits per heavy atom. The van der Waals surface area contributed by atoms with Crippen molar-refractivity contribution in [3.8, 4) is 0 Å². The highest BCUT2D eigenvalue weighted by Gasteiger charge is 2.12. The fourth-order valence-electron chi connectivity index (χ4n) is 2.31. The summed E-state index contributed by atoms with van der Waals surface area (Å²) in [7, 11) is 0. The van der Waals surface area contributed by atoms with Gasteiger partial charge in [-0.05, 0) is 63.6 Å². The standard InChI is InChI=1S/C17H22N2O2/c1-5-19(6-2)14-8-9-15(12(3)11-14)18-17(20)16-10-7-13(4)21-16/h7-11H,5-6H2,1-4H3,(H,18,20). The molecule has 1 aromatic carbocycles. The van der Waals surface area contributed by atoms with Gasteiger partial charge in [0.15, 0.2) is 5.76 Å². The lowest BCUT2D eigenvalue weighted by atomic mass is 10.1. The first-order chi connectivity index (χ1) is 10.0. The smallest absolute Gasteiger partial charge is 0.291 e. The number of anilines is 2. The number of furan rings is 1. The van der Waals surface area contributed by atoms with Crippen molar-refractivity contribution in [1.82, 2.24) is 0 Å². The van der Waals surface area contributed by atoms with Crippen LogP contribution in [0.5, 0.6) is 0 Å². The van der Waals surface area contributed by atoms with Gasteiger partial charge in [-0.1, -0.05) is 0 Å². The number of rotatable bonds is 5. The zero-order valence-electron chi connectivity index (χ0n) is 13.1. The SMILES string of the molecule is CCN(CC)c1ccc(NC(=O)c2ccc(C)o2)c(C)c1. The summed E-state index contributed by atoms with van der Waals surface area (Å²) in [6.45, 7) is 10.0. The van der Waals surface area contributed by atoms with Gasteiger partial charge < -0.3 is 14.6 Å². The molecule has 0 fully saturated rings. The first kappa shape index (κ1) is 15.2. The van der Waals surface area contributed by atoms with E-state index in [4.69, 9.17) is 4.42 Å². The lowest BCUT2D eigenvalue weighted by Gasteiger charge is -2.22. The average Bonchev–Trinajstić information content (AvgIpc) is 2.90. The van der Waals surface area contributed by atoms with Gasteiger partial charge in [0, 0.05) is 24.5 Å². The third-order valence-electron chi connectivity index (χ3n) is 3.55. The Bertz CT molecular complexity index is 627. The maximum absolute atomic E-state index is 12.1. The van der Waals surface area contributed by atoms with E-state index in [2.05, 4.69) is 30.1 Å². The maximum atomic E-state index is 12.1. The Kier molecular flexibility index (Phi) is 4.68. The molecule has 0 saturated carbocycles. The summed E-state index contributed by atoms with van der Waals surface area (Å²) >= 11 is 0. The van der Waals surface area contributed by atoms with E-state index in [1.165, 1.54) is 5.69 Å². The molecule has 0 unspecified atom stereocenters. The molecule has 0 saturated heterocycles. The van der Waals surface area contributed by atoms with Crippen LogP contribution in [-0.4, -0.2) is 19.0 Å². The Labute approximate surface area is 125 Å². The summed E-state index contributed by atoms with van der Waals surface area (Å²) in [6, 6.07) is 9.53. The Morgan fingerprint density at radius 2 is 1.86 bits per heavy atom. The van der Waals surface area contributed by atoms with Crippen molar-refractivity contribution in [2.75, 3.05) is 23.3 Å². The lowest BCUT2D eigenvalue weighted by molar-refractivity contribution is 0.0995. The molecule has 0 spiro atoms. The Balaban J connectivity index is 2.16. The minimum atomic E-state index is -0.221. The molecule has 21 heavy (non-hydrogen) atoms. The number of hydrogen-bond donors (Lipinski definition) is 1. The van der Waals surface area contributed by atoms with Crippen molar-refractivity contribution in [3.63, 3.8) is 0 Å². The molecule has 112 valence electrons. The van der Waals surface area contributed by atoms with Crippen molar-refractivity contribution in [3.05, 3.63) is 47.4 Å². The molecule has 2 rings (SSSR count). The van der Waals surface area contributed by atoms with E-state index in [0.717, 1.165) is 30.1 Å². The summed E-state index contributed by atoms with van der Waals surface area (Å²) in [6.07, 6.45) is 0. The topological polar surface area (TPSA) is 45.5 Å². The minimum absolute atomic E-state index is 0.221. The van der Waals surface area contributed by atoms with Crippen molar-refractivity contribution < 1.29 is 9.21 Å². The molecule has 0 bridgehead atoms. The fourth-order valence-corrected chi connectivity index (χ4v) is 2.31. The molecule has 2 aromatic rings. The van der Waals surface area contributed by atoms with Gasteiger partial charge in [0.25, 0.3) is 5.91 Å². The van der Waals surface area contributed by atoms with Gasteiger partial charge in [-0.25, -0.2) is 0 Å². The first-order valence-corrected chi connectivity index (χ1v) is 7.28. The van der Waals surface area contributed by atoms with Crippen LogP contribution in [0.4, 0.5) is 11.4 Å². The van der Waals surface area contributed by atoms with Crippen LogP contribution >= 0.6 is 0 Å². The van der Waals surface area contributed by atoms with Crippen LogP contribution in [0, 0.1) is 13.8 Å². The predicted octanol–water partition coefficient (Wildman–Crippen LogP) is 3.99. The summed E-state index contributed by atoms with van der Waals surface area (Å²) < 4.78 is 5.33. The van der Waals surface area contributed by atoms with Crippen LogP contribution < -0.4 is 10.2 Å². The van der Waals surface area contributed by atoms with E-state index in [-0.39, 0.29) is 5.91 Å². The van der Waals surface area contributed by atoms with E-state index in [0.29, 0.717) is 5.76 Å². The predicted molar refractivity (Wildman–Crippen MR) is 86.1 cm³/mol. The van der Waals surface area contributed by atoms with Gasteiger partial charge in [0.2, 0.25) is 0 Å². The number of hydrogen-bond acceptors (Lipinski definition) is 3. The summed E-state index contributed by atoms with van der Waals surface area (Å²) in [5, 5.41) is 2.89. The van der Waals surface area contributed by atoms with Crippen LogP contribution in [0.1, 0.15) is 35.7 Å². The highest BCUT2D eigenvalue weighted by atomic mass is 16.3. The van der Waals surface area contributed by atoms with Gasteiger partial charge in [-0.15, -0.1) is 0 Å². The number of amides is 1. The fraction of sp³-hybridized carbons (Fsp3) is 0.353. The molecule has 0 atom stereocenters. The average molecular weight is 286 g/mol. The number of benzene rings is 1. The largest absolute Gasteiger partial charge is 0.456 e. The molecule has 0 aliphatic heterocycles. The van der Waals surface area contributed by atoms with Crippen molar-refractivity contribution in [2.45, 2.75) is 27.7 Å². The molecule has 1 amide bonds. The molecular weight excluding hydrogens is 264 g/mol. The minimum Gasteiger partial charge on any atom is -0.456 e. The molecule has 1 aromatic heterocycles. The Morgan fingerprint density at radius 1 is 1.14 bits per heavy atom. The lowest BCUT2D eigenvalue weighted by Crippen LogP contribution is -2.22. The number of carbonyl (C=O) groups excluding carboxylic acids is 1. The van der Waals surface area contributed by atoms with E-state index in [1.54, 1.807) is 12.1 Å². The second kappa shape index (κ2) is 6.48. The molecule has 4 nitrogen and oxygen atoms in total. The molecule has 0 radical (unpaired) electrons. The van der Waals surface area contributed by atoms with Crippen molar-refractivity contribution in [1.29, 1.82) is 0 Å². The number of nitrogens with one attached hydrogen (secondary N) is 1. The van der Waals surface area contributed by atoms with Gasteiger partial charge in [-0.2, -0.15) is 0 Å². The zero-order valence-corrected chi connectivity index (χ0v) is 13.1. The monoisotopic (exact) mass is 286 g/mol. The summed E-state index contributed by atoms with van der Waals surface area (Å²) in [4.78, 5) is 14.4. The van der Waals surface area contributed by atoms with Crippen LogP contribution in [0.25, 0.3) is 0 Å². The van der Waals surface area contributed by atoms with E-state index < -0.39 is 0 Å². The zero-order chi connectivity index (χ0) is 15.4. The second-order valence-corrected chi connectivity index (χ2v) is 5.04. The summed E-state index contributed by atoms with van der Waals surface area (Å²) in [5.41, 5.74) is 3.02. The van der Waals surface area contributed by atoms with Crippen LogP contribution in [0.3, 0.4) is 0 Å². The highest BCUT2D eigenvalue weighted by molar-refractivity contribution is 6.02. The van der Waals surface area contributed by atoms with E-state index in [9.17, 15) is 4.79 Å². The Hall–Kier alpha value is -2.23. The highest BCUT2D eigenvalue weighted by Crippen LogP contribution is 2.23.